The van der Waals surface area contributed by atoms with Crippen LogP contribution >= 0.6 is 0 Å². The van der Waals surface area contributed by atoms with Gasteiger partial charge in [0.15, 0.2) is 0 Å². The van der Waals surface area contributed by atoms with Crippen LogP contribution in [0.5, 0.6) is 0 Å². The number of nitro benzene ring substituents is 1. The highest BCUT2D eigenvalue weighted by Crippen LogP contribution is 2.24. The zero-order valence-corrected chi connectivity index (χ0v) is 10.6. The first-order chi connectivity index (χ1) is 8.56. The number of aliphatic hydroxyl groups excluding tert-OH is 1. The molecule has 1 aromatic rings. The first kappa shape index (κ1) is 14.2. The van der Waals surface area contributed by atoms with Gasteiger partial charge in [0.25, 0.3) is 5.69 Å². The Kier molecular flexibility index (Phi) is 5.38. The number of nitrogens with one attached hydrogen (secondary N) is 2. The van der Waals surface area contributed by atoms with E-state index in [-0.39, 0.29) is 12.3 Å². The molecule has 3 N–H and O–H groups in total. The molecule has 1 atom stereocenters. The number of aliphatic hydroxyl groups is 1. The smallest absolute Gasteiger partial charge is 0.273 e. The van der Waals surface area contributed by atoms with Crippen molar-refractivity contribution in [3.05, 3.63) is 28.3 Å². The standard InChI is InChI=1S/C12H19N3O3/c1-9(3-4-16)8-14-11-5-10(13-2)6-12(7-11)15(17)18/h5-7,9,13-14,16H,3-4,8H2,1-2H3. The van der Waals surface area contributed by atoms with Crippen molar-refractivity contribution >= 4 is 17.1 Å². The quantitative estimate of drug-likeness (QED) is 0.511. The van der Waals surface area contributed by atoms with E-state index in [4.69, 9.17) is 5.11 Å². The molecule has 0 fully saturated rings. The van der Waals surface area contributed by atoms with Crippen LogP contribution in [0.4, 0.5) is 17.1 Å². The predicted molar refractivity (Wildman–Crippen MR) is 72.0 cm³/mol. The van der Waals surface area contributed by atoms with Crippen LogP contribution in [0, 0.1) is 16.0 Å². The van der Waals surface area contributed by atoms with Crippen molar-refractivity contribution in [1.82, 2.24) is 0 Å². The summed E-state index contributed by atoms with van der Waals surface area (Å²) in [4.78, 5) is 10.4. The van der Waals surface area contributed by atoms with Gasteiger partial charge in [-0.15, -0.1) is 0 Å². The van der Waals surface area contributed by atoms with E-state index in [2.05, 4.69) is 10.6 Å². The molecule has 1 aromatic carbocycles. The van der Waals surface area contributed by atoms with Crippen molar-refractivity contribution in [3.63, 3.8) is 0 Å². The number of non-ortho nitro benzene ring substituents is 1. The maximum absolute atomic E-state index is 10.8. The van der Waals surface area contributed by atoms with Crippen LogP contribution < -0.4 is 10.6 Å². The van der Waals surface area contributed by atoms with Gasteiger partial charge in [0, 0.05) is 43.7 Å². The van der Waals surface area contributed by atoms with Gasteiger partial charge in [0.1, 0.15) is 0 Å². The van der Waals surface area contributed by atoms with Gasteiger partial charge in [-0.25, -0.2) is 0 Å². The fraction of sp³-hybridized carbons (Fsp3) is 0.500. The zero-order valence-electron chi connectivity index (χ0n) is 10.6. The molecule has 0 amide bonds. The second kappa shape index (κ2) is 6.80. The molecule has 6 heteroatoms. The van der Waals surface area contributed by atoms with E-state index in [1.54, 1.807) is 7.05 Å². The summed E-state index contributed by atoms with van der Waals surface area (Å²) >= 11 is 0. The number of hydrogen-bond donors (Lipinski definition) is 3. The molecule has 1 rings (SSSR count). The maximum atomic E-state index is 10.8. The van der Waals surface area contributed by atoms with Crippen molar-refractivity contribution in [2.75, 3.05) is 30.8 Å². The zero-order chi connectivity index (χ0) is 13.5. The molecule has 0 saturated heterocycles. The van der Waals surface area contributed by atoms with Crippen LogP contribution in [0.25, 0.3) is 0 Å². The van der Waals surface area contributed by atoms with Gasteiger partial charge in [-0.2, -0.15) is 0 Å². The Balaban J connectivity index is 2.75. The van der Waals surface area contributed by atoms with Gasteiger partial charge in [0.05, 0.1) is 4.92 Å². The summed E-state index contributed by atoms with van der Waals surface area (Å²) in [5, 5.41) is 25.6. The van der Waals surface area contributed by atoms with E-state index < -0.39 is 4.92 Å². The van der Waals surface area contributed by atoms with Crippen molar-refractivity contribution < 1.29 is 10.0 Å². The lowest BCUT2D eigenvalue weighted by Gasteiger charge is -2.13. The maximum Gasteiger partial charge on any atom is 0.273 e. The van der Waals surface area contributed by atoms with E-state index in [0.29, 0.717) is 30.3 Å². The van der Waals surface area contributed by atoms with Gasteiger partial charge in [0.2, 0.25) is 0 Å². The Hall–Kier alpha value is -1.82. The lowest BCUT2D eigenvalue weighted by atomic mass is 10.1. The Morgan fingerprint density at radius 2 is 2.06 bits per heavy atom. The topological polar surface area (TPSA) is 87.4 Å². The van der Waals surface area contributed by atoms with Crippen molar-refractivity contribution in [2.45, 2.75) is 13.3 Å². The Morgan fingerprint density at radius 3 is 2.61 bits per heavy atom. The Labute approximate surface area is 106 Å². The number of rotatable bonds is 7. The highest BCUT2D eigenvalue weighted by atomic mass is 16.6. The lowest BCUT2D eigenvalue weighted by molar-refractivity contribution is -0.384. The first-order valence-corrected chi connectivity index (χ1v) is 5.88. The minimum Gasteiger partial charge on any atom is -0.396 e. The van der Waals surface area contributed by atoms with Crippen LogP contribution in [-0.4, -0.2) is 30.2 Å². The van der Waals surface area contributed by atoms with Crippen LogP contribution in [0.3, 0.4) is 0 Å². The van der Waals surface area contributed by atoms with Gasteiger partial charge in [-0.1, -0.05) is 6.92 Å². The van der Waals surface area contributed by atoms with Crippen LogP contribution in [0.1, 0.15) is 13.3 Å². The highest BCUT2D eigenvalue weighted by molar-refractivity contribution is 5.63. The van der Waals surface area contributed by atoms with E-state index in [9.17, 15) is 10.1 Å². The molecule has 0 saturated carbocycles. The summed E-state index contributed by atoms with van der Waals surface area (Å²) < 4.78 is 0. The summed E-state index contributed by atoms with van der Waals surface area (Å²) in [5.41, 5.74) is 1.46. The molecule has 0 heterocycles. The lowest BCUT2D eigenvalue weighted by Crippen LogP contribution is -2.12. The monoisotopic (exact) mass is 253 g/mol. The minimum absolute atomic E-state index is 0.0548. The third-order valence-corrected chi connectivity index (χ3v) is 2.69. The molecule has 0 radical (unpaired) electrons. The van der Waals surface area contributed by atoms with Crippen LogP contribution in [-0.2, 0) is 0 Å². The first-order valence-electron chi connectivity index (χ1n) is 5.88. The van der Waals surface area contributed by atoms with Crippen LogP contribution in [0.15, 0.2) is 18.2 Å². The van der Waals surface area contributed by atoms with Gasteiger partial charge in [-0.05, 0) is 18.4 Å². The highest BCUT2D eigenvalue weighted by Gasteiger charge is 2.09. The van der Waals surface area contributed by atoms with Gasteiger partial charge in [-0.3, -0.25) is 10.1 Å². The van der Waals surface area contributed by atoms with E-state index in [0.717, 1.165) is 0 Å². The van der Waals surface area contributed by atoms with Gasteiger partial charge >= 0.3 is 0 Å². The molecular weight excluding hydrogens is 234 g/mol. The molecule has 0 aliphatic heterocycles. The van der Waals surface area contributed by atoms with E-state index in [1.807, 2.05) is 13.0 Å². The molecule has 0 aliphatic carbocycles. The number of hydrogen-bond acceptors (Lipinski definition) is 5. The molecule has 0 bridgehead atoms. The molecule has 18 heavy (non-hydrogen) atoms. The minimum atomic E-state index is -0.414. The number of anilines is 2. The number of nitro groups is 1. The van der Waals surface area contributed by atoms with E-state index in [1.165, 1.54) is 12.1 Å². The number of nitrogens with zero attached hydrogens (tertiary/aromatic N) is 1. The number of benzene rings is 1. The van der Waals surface area contributed by atoms with Crippen molar-refractivity contribution in [3.8, 4) is 0 Å². The predicted octanol–water partition coefficient (Wildman–Crippen LogP) is 2.07. The molecule has 0 aliphatic rings. The average molecular weight is 253 g/mol. The summed E-state index contributed by atoms with van der Waals surface area (Å²) in [7, 11) is 1.72. The largest absolute Gasteiger partial charge is 0.396 e. The second-order valence-electron chi connectivity index (χ2n) is 4.27. The second-order valence-corrected chi connectivity index (χ2v) is 4.27. The molecular formula is C12H19N3O3. The SMILES string of the molecule is CNc1cc(NCC(C)CCO)cc([N+](=O)[O-])c1. The molecule has 100 valence electrons. The fourth-order valence-corrected chi connectivity index (χ4v) is 1.58. The summed E-state index contributed by atoms with van der Waals surface area (Å²) in [6.07, 6.45) is 0.709. The molecule has 6 nitrogen and oxygen atoms in total. The van der Waals surface area contributed by atoms with Crippen molar-refractivity contribution in [1.29, 1.82) is 0 Å². The summed E-state index contributed by atoms with van der Waals surface area (Å²) in [6.45, 7) is 2.84. The third-order valence-electron chi connectivity index (χ3n) is 2.69. The normalized spacial score (nSPS) is 11.9. The van der Waals surface area contributed by atoms with E-state index >= 15 is 0 Å². The third kappa shape index (κ3) is 4.21. The van der Waals surface area contributed by atoms with Crippen LogP contribution in [0.2, 0.25) is 0 Å². The summed E-state index contributed by atoms with van der Waals surface area (Å²) in [5.74, 6) is 0.312. The summed E-state index contributed by atoms with van der Waals surface area (Å²) in [6, 6.07) is 4.81. The van der Waals surface area contributed by atoms with Crippen molar-refractivity contribution in [2.24, 2.45) is 5.92 Å². The molecule has 0 aromatic heterocycles. The Bertz CT molecular complexity index is 410. The molecule has 1 unspecified atom stereocenters. The average Bonchev–Trinajstić information content (AvgIpc) is 2.36. The Morgan fingerprint density at radius 1 is 1.39 bits per heavy atom. The molecule has 0 spiro atoms. The fourth-order valence-electron chi connectivity index (χ4n) is 1.58. The van der Waals surface area contributed by atoms with Gasteiger partial charge < -0.3 is 15.7 Å².